The summed E-state index contributed by atoms with van der Waals surface area (Å²) < 4.78 is 9.67. The molecule has 37 heavy (non-hydrogen) atoms. The monoisotopic (exact) mass is 518 g/mol. The van der Waals surface area contributed by atoms with E-state index in [1.807, 2.05) is 30.3 Å². The van der Waals surface area contributed by atoms with Crippen LogP contribution in [-0.2, 0) is 9.53 Å². The van der Waals surface area contributed by atoms with Gasteiger partial charge in [-0.3, -0.25) is 19.3 Å². The number of fused-ring (bicyclic) bond motifs is 1. The number of primary amides is 1. The first kappa shape index (κ1) is 24.5. The van der Waals surface area contributed by atoms with Crippen LogP contribution in [0.25, 0.3) is 10.9 Å². The fourth-order valence-corrected chi connectivity index (χ4v) is 5.29. The fourth-order valence-electron chi connectivity index (χ4n) is 4.54. The van der Waals surface area contributed by atoms with E-state index < -0.39 is 17.9 Å². The Bertz CT molecular complexity index is 1440. The summed E-state index contributed by atoms with van der Waals surface area (Å²) in [5, 5.41) is 3.78. The number of hydrogen-bond donors (Lipinski definition) is 4. The second-order valence-corrected chi connectivity index (χ2v) is 9.49. The normalized spacial score (nSPS) is 15.9. The molecular formula is C26H26N6O4S. The minimum absolute atomic E-state index is 0.0226. The third-order valence-electron chi connectivity index (χ3n) is 6.36. The number of aromatic amines is 1. The number of rotatable bonds is 8. The van der Waals surface area contributed by atoms with Gasteiger partial charge in [0.15, 0.2) is 5.69 Å². The Morgan fingerprint density at radius 3 is 2.62 bits per heavy atom. The van der Waals surface area contributed by atoms with Crippen molar-refractivity contribution in [1.29, 1.82) is 0 Å². The number of hydrogen-bond acceptors (Lipinski definition) is 7. The van der Waals surface area contributed by atoms with Gasteiger partial charge in [0.25, 0.3) is 11.8 Å². The van der Waals surface area contributed by atoms with E-state index in [-0.39, 0.29) is 28.3 Å². The average molecular weight is 519 g/mol. The number of nitrogens with one attached hydrogen (secondary N) is 2. The number of H-pyrrole nitrogens is 1. The van der Waals surface area contributed by atoms with Crippen molar-refractivity contribution in [2.45, 2.75) is 25.0 Å². The quantitative estimate of drug-likeness (QED) is 0.281. The Kier molecular flexibility index (Phi) is 6.89. The highest BCUT2D eigenvalue weighted by atomic mass is 32.1. The molecule has 1 fully saturated rings. The van der Waals surface area contributed by atoms with Crippen molar-refractivity contribution >= 4 is 51.5 Å². The third-order valence-corrected chi connectivity index (χ3v) is 7.21. The number of ether oxygens (including phenoxy) is 1. The van der Waals surface area contributed by atoms with Gasteiger partial charge in [-0.25, -0.2) is 0 Å². The Hall–Kier alpha value is -4.22. The van der Waals surface area contributed by atoms with Crippen LogP contribution in [0.2, 0.25) is 0 Å². The van der Waals surface area contributed by atoms with Gasteiger partial charge in [-0.05, 0) is 42.6 Å². The van der Waals surface area contributed by atoms with Crippen LogP contribution < -0.4 is 21.7 Å². The molecule has 5 rings (SSSR count). The molecule has 10 nitrogen and oxygen atoms in total. The van der Waals surface area contributed by atoms with Crippen LogP contribution >= 0.6 is 11.5 Å². The largest absolute Gasteiger partial charge is 0.395 e. The van der Waals surface area contributed by atoms with Gasteiger partial charge in [0.05, 0.1) is 11.8 Å². The fraction of sp³-hybridized carbons (Fsp3) is 0.231. The summed E-state index contributed by atoms with van der Waals surface area (Å²) >= 11 is 0.773. The zero-order valence-corrected chi connectivity index (χ0v) is 20.7. The van der Waals surface area contributed by atoms with E-state index in [1.54, 1.807) is 30.5 Å². The average Bonchev–Trinajstić information content (AvgIpc) is 3.66. The van der Waals surface area contributed by atoms with E-state index in [4.69, 9.17) is 16.2 Å². The molecule has 3 heterocycles. The summed E-state index contributed by atoms with van der Waals surface area (Å²) in [6, 6.07) is 15.3. The smallest absolute Gasteiger partial charge is 0.273 e. The number of anilines is 2. The van der Waals surface area contributed by atoms with Crippen molar-refractivity contribution in [2.24, 2.45) is 5.73 Å². The highest BCUT2D eigenvalue weighted by molar-refractivity contribution is 7.09. The number of benzene rings is 2. The highest BCUT2D eigenvalue weighted by Crippen LogP contribution is 2.35. The van der Waals surface area contributed by atoms with Gasteiger partial charge >= 0.3 is 0 Å². The van der Waals surface area contributed by atoms with Gasteiger partial charge in [0, 0.05) is 41.5 Å². The zero-order chi connectivity index (χ0) is 25.9. The maximum absolute atomic E-state index is 14.1. The summed E-state index contributed by atoms with van der Waals surface area (Å²) in [5.41, 5.74) is 13.1. The molecule has 2 aromatic heterocycles. The molecule has 4 aromatic rings. The van der Waals surface area contributed by atoms with E-state index >= 15 is 0 Å². The van der Waals surface area contributed by atoms with E-state index in [2.05, 4.69) is 14.7 Å². The second-order valence-electron chi connectivity index (χ2n) is 8.72. The number of aromatic nitrogens is 2. The molecule has 2 unspecified atom stereocenters. The number of nitrogens with zero attached hydrogens (tertiary/aromatic N) is 2. The van der Waals surface area contributed by atoms with Crippen molar-refractivity contribution in [2.75, 3.05) is 23.8 Å². The van der Waals surface area contributed by atoms with E-state index in [9.17, 15) is 14.4 Å². The molecule has 190 valence electrons. The summed E-state index contributed by atoms with van der Waals surface area (Å²) in [7, 11) is 0. The number of amides is 3. The lowest BCUT2D eigenvalue weighted by Crippen LogP contribution is -2.45. The van der Waals surface area contributed by atoms with Gasteiger partial charge in [0.2, 0.25) is 5.91 Å². The van der Waals surface area contributed by atoms with Gasteiger partial charge < -0.3 is 26.5 Å². The topological polar surface area (TPSA) is 156 Å². The summed E-state index contributed by atoms with van der Waals surface area (Å²) in [5.74, 6) is -1.78. The molecule has 0 aliphatic carbocycles. The maximum atomic E-state index is 14.1. The first-order valence-electron chi connectivity index (χ1n) is 11.8. The molecule has 0 saturated carbocycles. The molecular weight excluding hydrogens is 492 g/mol. The lowest BCUT2D eigenvalue weighted by molar-refractivity contribution is -0.123. The predicted molar refractivity (Wildman–Crippen MR) is 141 cm³/mol. The number of nitrogens with two attached hydrogens (primary N) is 2. The molecule has 0 bridgehead atoms. The minimum Gasteiger partial charge on any atom is -0.395 e. The van der Waals surface area contributed by atoms with E-state index in [0.29, 0.717) is 24.4 Å². The molecule has 6 N–H and O–H groups in total. The molecule has 1 aliphatic rings. The Morgan fingerprint density at radius 1 is 1.16 bits per heavy atom. The lowest BCUT2D eigenvalue weighted by Gasteiger charge is -2.31. The molecule has 1 aliphatic heterocycles. The maximum Gasteiger partial charge on any atom is 0.273 e. The summed E-state index contributed by atoms with van der Waals surface area (Å²) in [6.45, 7) is 0.983. The number of nitrogen functional groups attached to an aromatic ring is 1. The van der Waals surface area contributed by atoms with Gasteiger partial charge in [0.1, 0.15) is 10.9 Å². The first-order valence-corrected chi connectivity index (χ1v) is 12.6. The van der Waals surface area contributed by atoms with E-state index in [1.165, 1.54) is 4.90 Å². The second kappa shape index (κ2) is 10.4. The predicted octanol–water partition coefficient (Wildman–Crippen LogP) is 2.99. The van der Waals surface area contributed by atoms with Crippen LogP contribution in [0, 0.1) is 0 Å². The lowest BCUT2D eigenvalue weighted by atomic mass is 10.0. The number of para-hydroxylation sites is 2. The molecule has 2 atom stereocenters. The molecule has 2 aromatic carbocycles. The highest BCUT2D eigenvalue weighted by Gasteiger charge is 2.37. The molecule has 3 amide bonds. The summed E-state index contributed by atoms with van der Waals surface area (Å²) in [6.07, 6.45) is 3.44. The van der Waals surface area contributed by atoms with Gasteiger partial charge in [-0.15, -0.1) is 0 Å². The Morgan fingerprint density at radius 2 is 1.92 bits per heavy atom. The van der Waals surface area contributed by atoms with Gasteiger partial charge in [-0.2, -0.15) is 4.37 Å². The third kappa shape index (κ3) is 4.78. The molecule has 0 radical (unpaired) electrons. The standard InChI is InChI=1S/C26H26N6O4S/c27-20-21(24(28)33)31-37-23(20)26(35)32(15-7-2-1-3-8-15)22(25(34)30-13-16-9-6-12-36-16)18-14-29-19-11-5-4-10-17(18)19/h1-5,7-8,10-11,14,16,22,29H,6,9,12-13,27H2,(H2,28,33)(H,30,34). The zero-order valence-electron chi connectivity index (χ0n) is 19.8. The Balaban J connectivity index is 1.63. The van der Waals surface area contributed by atoms with Crippen LogP contribution in [0.15, 0.2) is 60.8 Å². The number of carbonyl (C=O) groups excluding carboxylic acids is 3. The van der Waals surface area contributed by atoms with E-state index in [0.717, 1.165) is 35.3 Å². The minimum atomic E-state index is -1.06. The summed E-state index contributed by atoms with van der Waals surface area (Å²) in [4.78, 5) is 44.4. The van der Waals surface area contributed by atoms with Gasteiger partial charge in [-0.1, -0.05) is 36.4 Å². The first-order chi connectivity index (χ1) is 18.0. The van der Waals surface area contributed by atoms with Crippen LogP contribution in [0.4, 0.5) is 11.4 Å². The van der Waals surface area contributed by atoms with Crippen molar-refractivity contribution in [3.8, 4) is 0 Å². The van der Waals surface area contributed by atoms with Crippen molar-refractivity contribution < 1.29 is 19.1 Å². The van der Waals surface area contributed by atoms with Crippen LogP contribution in [0.5, 0.6) is 0 Å². The van der Waals surface area contributed by atoms with Crippen LogP contribution in [0.3, 0.4) is 0 Å². The van der Waals surface area contributed by atoms with Crippen molar-refractivity contribution in [3.63, 3.8) is 0 Å². The Labute approximate surface area is 216 Å². The van der Waals surface area contributed by atoms with Crippen LogP contribution in [-0.4, -0.2) is 46.3 Å². The number of carbonyl (C=O) groups is 3. The van der Waals surface area contributed by atoms with Crippen LogP contribution in [0.1, 0.15) is 44.6 Å². The van der Waals surface area contributed by atoms with Crippen molar-refractivity contribution in [1.82, 2.24) is 14.7 Å². The molecule has 0 spiro atoms. The van der Waals surface area contributed by atoms with Crippen molar-refractivity contribution in [3.05, 3.63) is 76.9 Å². The SMILES string of the molecule is NC(=O)c1nsc(C(=O)N(c2ccccc2)C(C(=O)NCC2CCCO2)c2c[nH]c3ccccc23)c1N. The molecule has 11 heteroatoms. The molecule has 1 saturated heterocycles.